The number of benzene rings is 1. The van der Waals surface area contributed by atoms with Crippen LogP contribution >= 0.6 is 11.6 Å². The van der Waals surface area contributed by atoms with Gasteiger partial charge >= 0.3 is 0 Å². The minimum Gasteiger partial charge on any atom is -0.364 e. The van der Waals surface area contributed by atoms with Gasteiger partial charge in [0.15, 0.2) is 5.82 Å². The molecule has 0 fully saturated rings. The fourth-order valence-corrected chi connectivity index (χ4v) is 2.38. The Labute approximate surface area is 156 Å². The molecule has 6 nitrogen and oxygen atoms in total. The molecule has 11 heteroatoms. The number of aromatic nitrogens is 4. The van der Waals surface area contributed by atoms with Crippen molar-refractivity contribution in [3.05, 3.63) is 59.0 Å². The van der Waals surface area contributed by atoms with Gasteiger partial charge in [0, 0.05) is 18.3 Å². The van der Waals surface area contributed by atoms with Crippen LogP contribution in [0.25, 0.3) is 0 Å². The molecule has 2 N–H and O–H groups in total. The fourth-order valence-electron chi connectivity index (χ4n) is 2.22. The molecule has 0 unspecified atom stereocenters. The van der Waals surface area contributed by atoms with Crippen LogP contribution in [-0.4, -0.2) is 26.2 Å². The van der Waals surface area contributed by atoms with E-state index in [0.717, 1.165) is 16.8 Å². The van der Waals surface area contributed by atoms with E-state index >= 15 is 0 Å². The van der Waals surface area contributed by atoms with Crippen LogP contribution in [0.1, 0.15) is 5.56 Å². The van der Waals surface area contributed by atoms with Crippen LogP contribution in [0.5, 0.6) is 0 Å². The number of anilines is 3. The number of hydrogen-bond donors (Lipinski definition) is 2. The summed E-state index contributed by atoms with van der Waals surface area (Å²) in [6.45, 7) is -0.717. The molecule has 142 valence electrons. The highest BCUT2D eigenvalue weighted by atomic mass is 35.5. The van der Waals surface area contributed by atoms with E-state index in [1.54, 1.807) is 0 Å². The molecule has 0 bridgehead atoms. The minimum atomic E-state index is -2.53. The van der Waals surface area contributed by atoms with Crippen molar-refractivity contribution in [3.63, 3.8) is 0 Å². The molecule has 0 radical (unpaired) electrons. The maximum Gasteiger partial charge on any atom is 0.257 e. The number of nitrogens with zero attached hydrogens (tertiary/aromatic N) is 4. The molecule has 3 rings (SSSR count). The average Bonchev–Trinajstić information content (AvgIpc) is 3.03. The van der Waals surface area contributed by atoms with Crippen LogP contribution in [0, 0.1) is 11.6 Å². The van der Waals surface area contributed by atoms with Gasteiger partial charge in [0.05, 0.1) is 18.1 Å². The summed E-state index contributed by atoms with van der Waals surface area (Å²) in [4.78, 5) is 8.08. The van der Waals surface area contributed by atoms with Gasteiger partial charge in [-0.25, -0.2) is 22.5 Å². The predicted molar refractivity (Wildman–Crippen MR) is 92.2 cm³/mol. The van der Waals surface area contributed by atoms with E-state index < -0.39 is 24.6 Å². The lowest BCUT2D eigenvalue weighted by atomic mass is 10.2. The van der Waals surface area contributed by atoms with E-state index in [-0.39, 0.29) is 28.9 Å². The van der Waals surface area contributed by atoms with E-state index in [1.807, 2.05) is 0 Å². The summed E-state index contributed by atoms with van der Waals surface area (Å²) in [6, 6.07) is 3.56. The van der Waals surface area contributed by atoms with Gasteiger partial charge in [0.25, 0.3) is 6.43 Å². The van der Waals surface area contributed by atoms with Gasteiger partial charge in [0.1, 0.15) is 23.2 Å². The van der Waals surface area contributed by atoms with Crippen LogP contribution < -0.4 is 10.6 Å². The molecule has 0 saturated carbocycles. The van der Waals surface area contributed by atoms with Crippen molar-refractivity contribution in [2.24, 2.45) is 0 Å². The van der Waals surface area contributed by atoms with Gasteiger partial charge in [0.2, 0.25) is 5.95 Å². The molecule has 3 aromatic rings. The van der Waals surface area contributed by atoms with Crippen LogP contribution in [0.2, 0.25) is 5.02 Å². The lowest BCUT2D eigenvalue weighted by Gasteiger charge is -2.10. The van der Waals surface area contributed by atoms with Crippen molar-refractivity contribution >= 4 is 29.1 Å². The number of hydrogen-bond acceptors (Lipinski definition) is 5. The summed E-state index contributed by atoms with van der Waals surface area (Å²) >= 11 is 6.00. The largest absolute Gasteiger partial charge is 0.364 e. The molecule has 0 spiro atoms. The first-order valence-corrected chi connectivity index (χ1v) is 8.07. The number of halogens is 5. The van der Waals surface area contributed by atoms with E-state index in [9.17, 15) is 17.6 Å². The Morgan fingerprint density at radius 3 is 2.59 bits per heavy atom. The van der Waals surface area contributed by atoms with E-state index in [1.165, 1.54) is 24.7 Å². The maximum atomic E-state index is 13.7. The second kappa shape index (κ2) is 8.21. The summed E-state index contributed by atoms with van der Waals surface area (Å²) in [5.41, 5.74) is 0.235. The lowest BCUT2D eigenvalue weighted by molar-refractivity contribution is 0.122. The third kappa shape index (κ3) is 4.85. The Balaban J connectivity index is 1.71. The van der Waals surface area contributed by atoms with E-state index in [0.29, 0.717) is 5.69 Å². The van der Waals surface area contributed by atoms with Crippen molar-refractivity contribution < 1.29 is 17.6 Å². The van der Waals surface area contributed by atoms with Crippen LogP contribution in [-0.2, 0) is 13.1 Å². The van der Waals surface area contributed by atoms with Crippen molar-refractivity contribution in [2.75, 3.05) is 10.6 Å². The Bertz CT molecular complexity index is 913. The SMILES string of the molecule is Fc1cccc(F)c1CNc1nc(Nc2cnn(CC(F)F)c2)ncc1Cl. The second-order valence-corrected chi connectivity index (χ2v) is 5.82. The van der Waals surface area contributed by atoms with Crippen molar-refractivity contribution in [1.29, 1.82) is 0 Å². The van der Waals surface area contributed by atoms with Gasteiger partial charge in [-0.15, -0.1) is 0 Å². The summed E-state index contributed by atoms with van der Waals surface area (Å²) in [7, 11) is 0. The molecular formula is C16H13ClF4N6. The normalized spacial score (nSPS) is 11.0. The molecule has 0 aliphatic heterocycles. The third-order valence-electron chi connectivity index (χ3n) is 3.45. The van der Waals surface area contributed by atoms with Gasteiger partial charge in [-0.2, -0.15) is 10.1 Å². The molecule has 0 atom stereocenters. The molecule has 0 saturated heterocycles. The molecule has 27 heavy (non-hydrogen) atoms. The lowest BCUT2D eigenvalue weighted by Crippen LogP contribution is -2.08. The van der Waals surface area contributed by atoms with Gasteiger partial charge in [-0.3, -0.25) is 4.68 Å². The molecular weight excluding hydrogens is 388 g/mol. The van der Waals surface area contributed by atoms with Crippen LogP contribution in [0.15, 0.2) is 36.8 Å². The molecule has 2 heterocycles. The second-order valence-electron chi connectivity index (χ2n) is 5.41. The highest BCUT2D eigenvalue weighted by molar-refractivity contribution is 6.32. The van der Waals surface area contributed by atoms with Crippen LogP contribution in [0.3, 0.4) is 0 Å². The summed E-state index contributed by atoms with van der Waals surface area (Å²) < 4.78 is 53.2. The highest BCUT2D eigenvalue weighted by Gasteiger charge is 2.12. The fraction of sp³-hybridized carbons (Fsp3) is 0.188. The number of alkyl halides is 2. The zero-order chi connectivity index (χ0) is 19.4. The van der Waals surface area contributed by atoms with Gasteiger partial charge < -0.3 is 10.6 Å². The minimum absolute atomic E-state index is 0.104. The molecule has 0 amide bonds. The Morgan fingerprint density at radius 2 is 1.89 bits per heavy atom. The third-order valence-corrected chi connectivity index (χ3v) is 3.73. The quantitative estimate of drug-likeness (QED) is 0.581. The average molecular weight is 401 g/mol. The molecule has 0 aliphatic carbocycles. The molecule has 1 aromatic carbocycles. The Morgan fingerprint density at radius 1 is 1.15 bits per heavy atom. The highest BCUT2D eigenvalue weighted by Crippen LogP contribution is 2.23. The van der Waals surface area contributed by atoms with E-state index in [4.69, 9.17) is 11.6 Å². The first-order valence-electron chi connectivity index (χ1n) is 7.69. The standard InChI is InChI=1S/C16H13ClF4N6/c17-11-6-23-16(25-9-4-24-27(7-9)8-14(20)21)26-15(11)22-5-10-12(18)2-1-3-13(10)19/h1-4,6-7,14H,5,8H2,(H2,22,23,25,26). The van der Waals surface area contributed by atoms with Crippen molar-refractivity contribution in [3.8, 4) is 0 Å². The Kier molecular flexibility index (Phi) is 5.75. The maximum absolute atomic E-state index is 13.7. The van der Waals surface area contributed by atoms with E-state index in [2.05, 4.69) is 25.7 Å². The molecule has 2 aromatic heterocycles. The first kappa shape index (κ1) is 18.9. The Hall–Kier alpha value is -2.88. The van der Waals surface area contributed by atoms with Crippen molar-refractivity contribution in [2.45, 2.75) is 19.5 Å². The van der Waals surface area contributed by atoms with Gasteiger partial charge in [-0.1, -0.05) is 17.7 Å². The zero-order valence-electron chi connectivity index (χ0n) is 13.6. The smallest absolute Gasteiger partial charge is 0.257 e. The van der Waals surface area contributed by atoms with Gasteiger partial charge in [-0.05, 0) is 12.1 Å². The summed E-state index contributed by atoms with van der Waals surface area (Å²) in [5, 5.41) is 9.46. The van der Waals surface area contributed by atoms with Crippen LogP contribution in [0.4, 0.5) is 35.0 Å². The monoisotopic (exact) mass is 400 g/mol. The summed E-state index contributed by atoms with van der Waals surface area (Å²) in [6.07, 6.45) is 1.47. The first-order chi connectivity index (χ1) is 12.9. The predicted octanol–water partition coefficient (Wildman–Crippen LogP) is 4.23. The zero-order valence-corrected chi connectivity index (χ0v) is 14.4. The number of rotatable bonds is 7. The molecule has 0 aliphatic rings. The number of nitrogens with one attached hydrogen (secondary N) is 2. The van der Waals surface area contributed by atoms with Crippen molar-refractivity contribution in [1.82, 2.24) is 19.7 Å². The topological polar surface area (TPSA) is 67.7 Å². The summed E-state index contributed by atoms with van der Waals surface area (Å²) in [5.74, 6) is -1.14.